The average molecular weight is 310 g/mol. The van der Waals surface area contributed by atoms with Crippen LogP contribution in [0.4, 0.5) is 4.39 Å². The number of ether oxygens (including phenoxy) is 2. The van der Waals surface area contributed by atoms with Crippen LogP contribution in [0.1, 0.15) is 6.42 Å². The summed E-state index contributed by atoms with van der Waals surface area (Å²) in [4.78, 5) is 11.3. The van der Waals surface area contributed by atoms with Crippen molar-refractivity contribution in [1.29, 1.82) is 0 Å². The third kappa shape index (κ3) is 3.96. The van der Waals surface area contributed by atoms with Crippen LogP contribution in [0.25, 0.3) is 0 Å². The number of benzene rings is 1. The molecule has 7 heteroatoms. The lowest BCUT2D eigenvalue weighted by atomic mass is 10.2. The second-order valence-corrected chi connectivity index (χ2v) is 4.47. The number of esters is 1. The van der Waals surface area contributed by atoms with Crippen LogP contribution in [0.5, 0.6) is 5.75 Å². The number of hydrogen-bond acceptors (Lipinski definition) is 4. The highest BCUT2D eigenvalue weighted by atomic mass is 35.5. The van der Waals surface area contributed by atoms with Gasteiger partial charge in [0, 0.05) is 18.0 Å². The molecule has 4 nitrogen and oxygen atoms in total. The Kier molecular flexibility index (Phi) is 5.85. The zero-order valence-electron chi connectivity index (χ0n) is 10.2. The summed E-state index contributed by atoms with van der Waals surface area (Å²) in [6, 6.07) is 3.83. The molecule has 2 rings (SSSR count). The van der Waals surface area contributed by atoms with Gasteiger partial charge >= 0.3 is 5.97 Å². The van der Waals surface area contributed by atoms with Crippen LogP contribution in [0, 0.1) is 5.82 Å². The summed E-state index contributed by atoms with van der Waals surface area (Å²) < 4.78 is 23.6. The number of nitrogens with one attached hydrogen (secondary N) is 1. The molecule has 0 spiro atoms. The van der Waals surface area contributed by atoms with E-state index in [4.69, 9.17) is 16.3 Å². The van der Waals surface area contributed by atoms with Crippen molar-refractivity contribution in [3.63, 3.8) is 0 Å². The van der Waals surface area contributed by atoms with Crippen molar-refractivity contribution in [3.05, 3.63) is 29.0 Å². The first-order chi connectivity index (χ1) is 8.60. The molecule has 0 aliphatic carbocycles. The standard InChI is InChI=1S/C12H13ClFNO3.ClH/c1-17-12(16)10-5-8(6-15-10)18-11-3-2-7(13)4-9(11)14;/h2-4,8,10,15H,5-6H2,1H3;1H/t8-,10-;/m0./s1. The Morgan fingerprint density at radius 3 is 2.89 bits per heavy atom. The third-order valence-corrected chi connectivity index (χ3v) is 3.00. The Hall–Kier alpha value is -1.04. The maximum absolute atomic E-state index is 13.5. The first kappa shape index (κ1) is 16.0. The summed E-state index contributed by atoms with van der Waals surface area (Å²) in [5.41, 5.74) is 0. The molecular formula is C12H14Cl2FNO3. The molecular weight excluding hydrogens is 296 g/mol. The fraction of sp³-hybridized carbons (Fsp3) is 0.417. The molecule has 0 aromatic heterocycles. The van der Waals surface area contributed by atoms with Crippen LogP contribution in [-0.4, -0.2) is 31.8 Å². The van der Waals surface area contributed by atoms with Gasteiger partial charge in [0.05, 0.1) is 7.11 Å². The molecule has 1 saturated heterocycles. The van der Waals surface area contributed by atoms with Crippen molar-refractivity contribution in [2.75, 3.05) is 13.7 Å². The summed E-state index contributed by atoms with van der Waals surface area (Å²) in [6.45, 7) is 0.474. The van der Waals surface area contributed by atoms with Crippen molar-refractivity contribution in [1.82, 2.24) is 5.32 Å². The van der Waals surface area contributed by atoms with Gasteiger partial charge in [-0.2, -0.15) is 0 Å². The molecule has 1 N–H and O–H groups in total. The first-order valence-corrected chi connectivity index (χ1v) is 5.91. The summed E-state index contributed by atoms with van der Waals surface area (Å²) in [5, 5.41) is 3.28. The molecule has 0 bridgehead atoms. The molecule has 1 aromatic rings. The summed E-state index contributed by atoms with van der Waals surface area (Å²) in [7, 11) is 1.33. The van der Waals surface area contributed by atoms with E-state index in [1.165, 1.54) is 19.2 Å². The lowest BCUT2D eigenvalue weighted by Crippen LogP contribution is -2.31. The Balaban J connectivity index is 0.00000180. The minimum atomic E-state index is -0.510. The summed E-state index contributed by atoms with van der Waals surface area (Å²) in [5.74, 6) is -0.710. The molecule has 2 atom stereocenters. The third-order valence-electron chi connectivity index (χ3n) is 2.76. The highest BCUT2D eigenvalue weighted by Gasteiger charge is 2.31. The normalized spacial score (nSPS) is 21.6. The number of rotatable bonds is 3. The molecule has 1 aliphatic rings. The lowest BCUT2D eigenvalue weighted by Gasteiger charge is -2.13. The minimum Gasteiger partial charge on any atom is -0.486 e. The maximum Gasteiger partial charge on any atom is 0.323 e. The molecule has 106 valence electrons. The van der Waals surface area contributed by atoms with Gasteiger partial charge in [0.15, 0.2) is 11.6 Å². The smallest absolute Gasteiger partial charge is 0.323 e. The van der Waals surface area contributed by atoms with Crippen molar-refractivity contribution in [2.24, 2.45) is 0 Å². The van der Waals surface area contributed by atoms with Crippen molar-refractivity contribution in [2.45, 2.75) is 18.6 Å². The number of carbonyl (C=O) groups excluding carboxylic acids is 1. The van der Waals surface area contributed by atoms with Gasteiger partial charge in [0.1, 0.15) is 12.1 Å². The fourth-order valence-electron chi connectivity index (χ4n) is 1.87. The van der Waals surface area contributed by atoms with Gasteiger partial charge in [-0.3, -0.25) is 4.79 Å². The van der Waals surface area contributed by atoms with Gasteiger partial charge in [0.25, 0.3) is 0 Å². The van der Waals surface area contributed by atoms with Crippen molar-refractivity contribution in [3.8, 4) is 5.75 Å². The van der Waals surface area contributed by atoms with Gasteiger partial charge < -0.3 is 14.8 Å². The van der Waals surface area contributed by atoms with Gasteiger partial charge in [-0.05, 0) is 18.2 Å². The molecule has 1 fully saturated rings. The zero-order valence-corrected chi connectivity index (χ0v) is 11.8. The SMILES string of the molecule is COC(=O)[C@@H]1C[C@H](Oc2ccc(Cl)cc2F)CN1.Cl. The maximum atomic E-state index is 13.5. The van der Waals surface area contributed by atoms with E-state index in [2.05, 4.69) is 10.1 Å². The van der Waals surface area contributed by atoms with E-state index in [1.807, 2.05) is 0 Å². The van der Waals surface area contributed by atoms with E-state index in [9.17, 15) is 9.18 Å². The van der Waals surface area contributed by atoms with Crippen LogP contribution >= 0.6 is 24.0 Å². The molecule has 1 aromatic carbocycles. The van der Waals surface area contributed by atoms with E-state index in [0.29, 0.717) is 18.0 Å². The highest BCUT2D eigenvalue weighted by Crippen LogP contribution is 2.24. The van der Waals surface area contributed by atoms with Crippen LogP contribution in [-0.2, 0) is 9.53 Å². The van der Waals surface area contributed by atoms with Crippen LogP contribution in [0.3, 0.4) is 0 Å². The number of halogens is 3. The average Bonchev–Trinajstić information content (AvgIpc) is 2.80. The molecule has 0 saturated carbocycles. The van der Waals surface area contributed by atoms with Gasteiger partial charge in [-0.25, -0.2) is 4.39 Å². The van der Waals surface area contributed by atoms with Crippen LogP contribution in [0.15, 0.2) is 18.2 Å². The van der Waals surface area contributed by atoms with Crippen LogP contribution < -0.4 is 10.1 Å². The first-order valence-electron chi connectivity index (χ1n) is 5.53. The van der Waals surface area contributed by atoms with Gasteiger partial charge in [-0.1, -0.05) is 11.6 Å². The van der Waals surface area contributed by atoms with Crippen molar-refractivity contribution < 1.29 is 18.7 Å². The molecule has 0 amide bonds. The lowest BCUT2D eigenvalue weighted by molar-refractivity contribution is -0.142. The Bertz CT molecular complexity index is 459. The van der Waals surface area contributed by atoms with Crippen LogP contribution in [0.2, 0.25) is 5.02 Å². The van der Waals surface area contributed by atoms with Gasteiger partial charge in [0.2, 0.25) is 0 Å². The molecule has 0 unspecified atom stereocenters. The Morgan fingerprint density at radius 1 is 1.53 bits per heavy atom. The largest absolute Gasteiger partial charge is 0.486 e. The van der Waals surface area contributed by atoms with Gasteiger partial charge in [-0.15, -0.1) is 12.4 Å². The zero-order chi connectivity index (χ0) is 13.1. The van der Waals surface area contributed by atoms with E-state index in [-0.39, 0.29) is 30.2 Å². The number of carbonyl (C=O) groups is 1. The second-order valence-electron chi connectivity index (χ2n) is 4.03. The predicted molar refractivity (Wildman–Crippen MR) is 71.5 cm³/mol. The van der Waals surface area contributed by atoms with E-state index >= 15 is 0 Å². The predicted octanol–water partition coefficient (Wildman–Crippen LogP) is 2.18. The van der Waals surface area contributed by atoms with E-state index in [0.717, 1.165) is 0 Å². The Labute approximate surface area is 121 Å². The second kappa shape index (κ2) is 6.93. The quantitative estimate of drug-likeness (QED) is 0.870. The Morgan fingerprint density at radius 2 is 2.26 bits per heavy atom. The molecule has 19 heavy (non-hydrogen) atoms. The molecule has 1 heterocycles. The highest BCUT2D eigenvalue weighted by molar-refractivity contribution is 6.30. The topological polar surface area (TPSA) is 47.6 Å². The summed E-state index contributed by atoms with van der Waals surface area (Å²) in [6.07, 6.45) is 0.194. The minimum absolute atomic E-state index is 0. The fourth-order valence-corrected chi connectivity index (χ4v) is 2.02. The molecule has 1 aliphatic heterocycles. The summed E-state index contributed by atoms with van der Waals surface area (Å²) >= 11 is 5.65. The van der Waals surface area contributed by atoms with Crippen molar-refractivity contribution >= 4 is 30.0 Å². The number of hydrogen-bond donors (Lipinski definition) is 1. The van der Waals surface area contributed by atoms with E-state index < -0.39 is 11.9 Å². The number of methoxy groups -OCH3 is 1. The van der Waals surface area contributed by atoms with E-state index in [1.54, 1.807) is 6.07 Å². The molecule has 0 radical (unpaired) electrons. The monoisotopic (exact) mass is 309 g/mol.